The van der Waals surface area contributed by atoms with E-state index in [0.717, 1.165) is 5.56 Å². The number of para-hydroxylation sites is 1. The number of alkyl halides is 1. The van der Waals surface area contributed by atoms with E-state index in [4.69, 9.17) is 10.00 Å². The van der Waals surface area contributed by atoms with Gasteiger partial charge in [-0.15, -0.1) is 0 Å². The fraction of sp³-hybridized carbons (Fsp3) is 0.0714. The van der Waals surface area contributed by atoms with Crippen LogP contribution < -0.4 is 4.74 Å². The van der Waals surface area contributed by atoms with Crippen LogP contribution in [-0.2, 0) is 5.33 Å². The molecule has 0 saturated heterocycles. The van der Waals surface area contributed by atoms with E-state index in [1.165, 1.54) is 6.07 Å². The van der Waals surface area contributed by atoms with Crippen molar-refractivity contribution < 1.29 is 9.13 Å². The van der Waals surface area contributed by atoms with E-state index in [9.17, 15) is 4.39 Å². The summed E-state index contributed by atoms with van der Waals surface area (Å²) in [6, 6.07) is 13.3. The second kappa shape index (κ2) is 5.65. The standard InChI is InChI=1S/C14H9BrFNO/c15-8-11-2-1-3-13(16)14(11)18-12-6-4-10(9-17)5-7-12/h1-7H,8H2. The zero-order valence-electron chi connectivity index (χ0n) is 9.36. The molecular weight excluding hydrogens is 297 g/mol. The van der Waals surface area contributed by atoms with Gasteiger partial charge in [-0.1, -0.05) is 28.1 Å². The van der Waals surface area contributed by atoms with E-state index < -0.39 is 5.82 Å². The summed E-state index contributed by atoms with van der Waals surface area (Å²) >= 11 is 3.29. The molecule has 0 aliphatic carbocycles. The van der Waals surface area contributed by atoms with Gasteiger partial charge in [0.25, 0.3) is 0 Å². The lowest BCUT2D eigenvalue weighted by molar-refractivity contribution is 0.438. The summed E-state index contributed by atoms with van der Waals surface area (Å²) in [5.74, 6) is 0.302. The predicted octanol–water partition coefficient (Wildman–Crippen LogP) is 4.38. The van der Waals surface area contributed by atoms with Crippen LogP contribution in [0.15, 0.2) is 42.5 Å². The van der Waals surface area contributed by atoms with Gasteiger partial charge in [-0.05, 0) is 30.3 Å². The highest BCUT2D eigenvalue weighted by Crippen LogP contribution is 2.29. The zero-order chi connectivity index (χ0) is 13.0. The molecule has 0 atom stereocenters. The lowest BCUT2D eigenvalue weighted by Crippen LogP contribution is -1.93. The summed E-state index contributed by atoms with van der Waals surface area (Å²) in [7, 11) is 0. The molecule has 2 nitrogen and oxygen atoms in total. The average Bonchev–Trinajstić information content (AvgIpc) is 2.42. The van der Waals surface area contributed by atoms with Crippen molar-refractivity contribution in [2.45, 2.75) is 5.33 Å². The SMILES string of the molecule is N#Cc1ccc(Oc2c(F)cccc2CBr)cc1. The Hall–Kier alpha value is -1.86. The lowest BCUT2D eigenvalue weighted by atomic mass is 10.2. The van der Waals surface area contributed by atoms with Crippen LogP contribution in [-0.4, -0.2) is 0 Å². The molecule has 0 amide bonds. The molecule has 0 spiro atoms. The highest BCUT2D eigenvalue weighted by molar-refractivity contribution is 9.08. The number of benzene rings is 2. The molecule has 0 radical (unpaired) electrons. The fourth-order valence-corrected chi connectivity index (χ4v) is 1.93. The lowest BCUT2D eigenvalue weighted by Gasteiger charge is -2.10. The third-order valence-electron chi connectivity index (χ3n) is 2.40. The van der Waals surface area contributed by atoms with Crippen molar-refractivity contribution in [2.24, 2.45) is 0 Å². The number of hydrogen-bond acceptors (Lipinski definition) is 2. The molecule has 90 valence electrons. The monoisotopic (exact) mass is 305 g/mol. The van der Waals surface area contributed by atoms with Gasteiger partial charge in [0.15, 0.2) is 11.6 Å². The molecule has 0 heterocycles. The van der Waals surface area contributed by atoms with Gasteiger partial charge in [0.1, 0.15) is 5.75 Å². The van der Waals surface area contributed by atoms with E-state index in [1.54, 1.807) is 36.4 Å². The van der Waals surface area contributed by atoms with Gasteiger partial charge in [0.05, 0.1) is 11.6 Å². The number of nitrogens with zero attached hydrogens (tertiary/aromatic N) is 1. The summed E-state index contributed by atoms with van der Waals surface area (Å²) in [5, 5.41) is 9.20. The highest BCUT2D eigenvalue weighted by Gasteiger charge is 2.09. The molecule has 2 aromatic carbocycles. The van der Waals surface area contributed by atoms with Crippen molar-refractivity contribution in [1.29, 1.82) is 5.26 Å². The Labute approximate surface area is 113 Å². The number of halogens is 2. The Kier molecular flexibility index (Phi) is 3.96. The maximum Gasteiger partial charge on any atom is 0.167 e. The molecule has 0 N–H and O–H groups in total. The van der Waals surface area contributed by atoms with Crippen LogP contribution in [0, 0.1) is 17.1 Å². The van der Waals surface area contributed by atoms with Gasteiger partial charge < -0.3 is 4.74 Å². The first-order chi connectivity index (χ1) is 8.74. The normalized spacial score (nSPS) is 9.83. The second-order valence-electron chi connectivity index (χ2n) is 3.60. The largest absolute Gasteiger partial charge is 0.454 e. The zero-order valence-corrected chi connectivity index (χ0v) is 10.9. The van der Waals surface area contributed by atoms with Crippen LogP contribution in [0.1, 0.15) is 11.1 Å². The molecule has 0 saturated carbocycles. The van der Waals surface area contributed by atoms with Crippen molar-refractivity contribution in [3.05, 3.63) is 59.4 Å². The van der Waals surface area contributed by atoms with Crippen molar-refractivity contribution in [2.75, 3.05) is 0 Å². The van der Waals surface area contributed by atoms with Gasteiger partial charge in [0, 0.05) is 10.9 Å². The Bertz CT molecular complexity index is 590. The predicted molar refractivity (Wildman–Crippen MR) is 70.3 cm³/mol. The molecule has 0 bridgehead atoms. The minimum absolute atomic E-state index is 0.207. The van der Waals surface area contributed by atoms with E-state index in [-0.39, 0.29) is 5.75 Å². The Morgan fingerprint density at radius 3 is 2.50 bits per heavy atom. The summed E-state index contributed by atoms with van der Waals surface area (Å²) < 4.78 is 19.2. The Morgan fingerprint density at radius 2 is 1.89 bits per heavy atom. The summed E-state index contributed by atoms with van der Waals surface area (Å²) in [5.41, 5.74) is 1.27. The first-order valence-corrected chi connectivity index (χ1v) is 6.38. The number of ether oxygens (including phenoxy) is 1. The summed E-state index contributed by atoms with van der Waals surface area (Å²) in [6.45, 7) is 0. The van der Waals surface area contributed by atoms with Gasteiger partial charge in [-0.2, -0.15) is 5.26 Å². The third-order valence-corrected chi connectivity index (χ3v) is 3.00. The molecule has 0 unspecified atom stereocenters. The van der Waals surface area contributed by atoms with Gasteiger partial charge in [0.2, 0.25) is 0 Å². The van der Waals surface area contributed by atoms with Gasteiger partial charge in [-0.3, -0.25) is 0 Å². The van der Waals surface area contributed by atoms with Gasteiger partial charge >= 0.3 is 0 Å². The quantitative estimate of drug-likeness (QED) is 0.788. The maximum absolute atomic E-state index is 13.7. The third kappa shape index (κ3) is 2.69. The molecule has 0 aromatic heterocycles. The first kappa shape index (κ1) is 12.6. The number of nitriles is 1. The van der Waals surface area contributed by atoms with Crippen molar-refractivity contribution >= 4 is 15.9 Å². The minimum Gasteiger partial charge on any atom is -0.454 e. The Morgan fingerprint density at radius 1 is 1.17 bits per heavy atom. The van der Waals surface area contributed by atoms with Crippen LogP contribution >= 0.6 is 15.9 Å². The molecule has 0 fully saturated rings. The molecule has 18 heavy (non-hydrogen) atoms. The van der Waals surface area contributed by atoms with Crippen LogP contribution in [0.25, 0.3) is 0 Å². The average molecular weight is 306 g/mol. The minimum atomic E-state index is -0.406. The van der Waals surface area contributed by atoms with Crippen molar-refractivity contribution in [3.8, 4) is 17.6 Å². The van der Waals surface area contributed by atoms with Crippen LogP contribution in [0.3, 0.4) is 0 Å². The number of hydrogen-bond donors (Lipinski definition) is 0. The molecule has 0 aliphatic heterocycles. The molecule has 4 heteroatoms. The molecule has 2 aromatic rings. The Balaban J connectivity index is 2.31. The highest BCUT2D eigenvalue weighted by atomic mass is 79.9. The number of rotatable bonds is 3. The van der Waals surface area contributed by atoms with Crippen LogP contribution in [0.5, 0.6) is 11.5 Å². The van der Waals surface area contributed by atoms with E-state index in [0.29, 0.717) is 16.6 Å². The van der Waals surface area contributed by atoms with Crippen molar-refractivity contribution in [3.63, 3.8) is 0 Å². The molecule has 0 aliphatic rings. The first-order valence-electron chi connectivity index (χ1n) is 5.26. The van der Waals surface area contributed by atoms with Crippen LogP contribution in [0.4, 0.5) is 4.39 Å². The molecule has 2 rings (SSSR count). The topological polar surface area (TPSA) is 33.0 Å². The summed E-state index contributed by atoms with van der Waals surface area (Å²) in [4.78, 5) is 0. The fourth-order valence-electron chi connectivity index (χ4n) is 1.49. The van der Waals surface area contributed by atoms with Crippen molar-refractivity contribution in [1.82, 2.24) is 0 Å². The van der Waals surface area contributed by atoms with E-state index >= 15 is 0 Å². The molecular formula is C14H9BrFNO. The smallest absolute Gasteiger partial charge is 0.167 e. The van der Waals surface area contributed by atoms with Gasteiger partial charge in [-0.25, -0.2) is 4.39 Å². The van der Waals surface area contributed by atoms with Crippen LogP contribution in [0.2, 0.25) is 0 Å². The maximum atomic E-state index is 13.7. The summed E-state index contributed by atoms with van der Waals surface area (Å²) in [6.07, 6.45) is 0. The second-order valence-corrected chi connectivity index (χ2v) is 4.16. The van der Waals surface area contributed by atoms with E-state index in [2.05, 4.69) is 15.9 Å². The van der Waals surface area contributed by atoms with E-state index in [1.807, 2.05) is 6.07 Å².